The van der Waals surface area contributed by atoms with Crippen molar-refractivity contribution in [3.63, 3.8) is 0 Å². The number of benzene rings is 3. The smallest absolute Gasteiger partial charge is 0.238 e. The van der Waals surface area contributed by atoms with Gasteiger partial charge in [-0.25, -0.2) is 4.90 Å². The Labute approximate surface area is 170 Å². The Balaban J connectivity index is 1.64. The molecule has 142 valence electrons. The van der Waals surface area contributed by atoms with Gasteiger partial charge in [-0.15, -0.1) is 0 Å². The summed E-state index contributed by atoms with van der Waals surface area (Å²) in [6, 6.07) is 24.4. The third-order valence-corrected chi connectivity index (χ3v) is 7.40. The van der Waals surface area contributed by atoms with Crippen molar-refractivity contribution in [2.45, 2.75) is 25.2 Å². The summed E-state index contributed by atoms with van der Waals surface area (Å²) in [5.41, 5.74) is 5.94. The second-order valence-corrected chi connectivity index (χ2v) is 8.66. The Bertz CT molecular complexity index is 1160. The SMILES string of the molecule is Cc1ccccc1N1C(=O)[C@H]2C3c4ccccc4C(C)(c4ccccc43)[C@H]2C1=O. The van der Waals surface area contributed by atoms with Crippen molar-refractivity contribution in [2.75, 3.05) is 4.90 Å². The summed E-state index contributed by atoms with van der Waals surface area (Å²) in [7, 11) is 0. The number of rotatable bonds is 1. The third kappa shape index (κ3) is 1.84. The van der Waals surface area contributed by atoms with Gasteiger partial charge >= 0.3 is 0 Å². The first kappa shape index (κ1) is 16.7. The zero-order valence-corrected chi connectivity index (χ0v) is 16.4. The molecular weight excluding hydrogens is 358 g/mol. The Kier molecular flexibility index (Phi) is 3.14. The van der Waals surface area contributed by atoms with E-state index in [1.54, 1.807) is 0 Å². The summed E-state index contributed by atoms with van der Waals surface area (Å²) in [6.45, 7) is 4.11. The lowest BCUT2D eigenvalue weighted by atomic mass is 9.48. The van der Waals surface area contributed by atoms with E-state index in [2.05, 4.69) is 31.2 Å². The molecule has 3 aliphatic carbocycles. The molecule has 0 aromatic heterocycles. The quantitative estimate of drug-likeness (QED) is 0.581. The van der Waals surface area contributed by atoms with Gasteiger partial charge in [-0.3, -0.25) is 9.59 Å². The molecule has 3 aromatic rings. The summed E-state index contributed by atoms with van der Waals surface area (Å²) in [6.07, 6.45) is 0. The van der Waals surface area contributed by atoms with E-state index >= 15 is 0 Å². The Morgan fingerprint density at radius 3 is 1.93 bits per heavy atom. The van der Waals surface area contributed by atoms with Gasteiger partial charge in [-0.05, 0) is 40.8 Å². The van der Waals surface area contributed by atoms with Crippen LogP contribution in [0.5, 0.6) is 0 Å². The molecule has 7 rings (SSSR count). The number of amides is 2. The highest BCUT2D eigenvalue weighted by molar-refractivity contribution is 6.24. The number of hydrogen-bond donors (Lipinski definition) is 0. The van der Waals surface area contributed by atoms with Crippen LogP contribution in [0.3, 0.4) is 0 Å². The molecule has 3 heteroatoms. The highest BCUT2D eigenvalue weighted by Gasteiger charge is 2.66. The van der Waals surface area contributed by atoms with Crippen LogP contribution in [0.4, 0.5) is 5.69 Å². The molecule has 2 amide bonds. The van der Waals surface area contributed by atoms with E-state index in [9.17, 15) is 9.59 Å². The largest absolute Gasteiger partial charge is 0.274 e. The molecule has 0 spiro atoms. The van der Waals surface area contributed by atoms with Crippen LogP contribution in [0.15, 0.2) is 72.8 Å². The van der Waals surface area contributed by atoms with Crippen LogP contribution in [0, 0.1) is 18.8 Å². The molecule has 0 radical (unpaired) electrons. The Morgan fingerprint density at radius 1 is 0.759 bits per heavy atom. The van der Waals surface area contributed by atoms with Crippen LogP contribution >= 0.6 is 0 Å². The van der Waals surface area contributed by atoms with Crippen molar-refractivity contribution in [3.8, 4) is 0 Å². The molecule has 1 fully saturated rings. The molecule has 4 aliphatic rings. The fraction of sp³-hybridized carbons (Fsp3) is 0.231. The molecular formula is C26H21NO2. The summed E-state index contributed by atoms with van der Waals surface area (Å²) in [5.74, 6) is -0.915. The number of aryl methyl sites for hydroxylation is 1. The second kappa shape index (κ2) is 5.44. The molecule has 2 atom stereocenters. The van der Waals surface area contributed by atoms with Crippen molar-refractivity contribution in [1.29, 1.82) is 0 Å². The van der Waals surface area contributed by atoms with Gasteiger partial charge in [-0.2, -0.15) is 0 Å². The summed E-state index contributed by atoms with van der Waals surface area (Å²) >= 11 is 0. The van der Waals surface area contributed by atoms with E-state index in [-0.39, 0.29) is 29.6 Å². The predicted octanol–water partition coefficient (Wildman–Crippen LogP) is 4.57. The molecule has 0 N–H and O–H groups in total. The molecule has 29 heavy (non-hydrogen) atoms. The maximum atomic E-state index is 13.8. The average molecular weight is 379 g/mol. The van der Waals surface area contributed by atoms with E-state index in [1.165, 1.54) is 27.2 Å². The number of carbonyl (C=O) groups excluding carboxylic acids is 2. The Hall–Kier alpha value is -3.20. The van der Waals surface area contributed by atoms with E-state index in [0.29, 0.717) is 5.69 Å². The number of carbonyl (C=O) groups is 2. The fourth-order valence-corrected chi connectivity index (χ4v) is 6.20. The normalized spacial score (nSPS) is 28.9. The number of imide groups is 1. The van der Waals surface area contributed by atoms with Crippen molar-refractivity contribution < 1.29 is 9.59 Å². The van der Waals surface area contributed by atoms with Crippen LogP contribution in [0.2, 0.25) is 0 Å². The van der Waals surface area contributed by atoms with Crippen LogP contribution < -0.4 is 4.90 Å². The molecule has 0 saturated carbocycles. The van der Waals surface area contributed by atoms with Crippen molar-refractivity contribution in [2.24, 2.45) is 11.8 Å². The molecule has 2 bridgehead atoms. The maximum absolute atomic E-state index is 13.8. The zero-order valence-electron chi connectivity index (χ0n) is 16.4. The lowest BCUT2D eigenvalue weighted by molar-refractivity contribution is -0.123. The fourth-order valence-electron chi connectivity index (χ4n) is 6.20. The highest BCUT2D eigenvalue weighted by Crippen LogP contribution is 2.64. The minimum Gasteiger partial charge on any atom is -0.274 e. The molecule has 3 nitrogen and oxygen atoms in total. The first-order valence-corrected chi connectivity index (χ1v) is 10.2. The van der Waals surface area contributed by atoms with Gasteiger partial charge in [0.2, 0.25) is 11.8 Å². The predicted molar refractivity (Wildman–Crippen MR) is 112 cm³/mol. The zero-order chi connectivity index (χ0) is 19.9. The van der Waals surface area contributed by atoms with Crippen LogP contribution in [-0.4, -0.2) is 11.8 Å². The topological polar surface area (TPSA) is 37.4 Å². The average Bonchev–Trinajstić information content (AvgIpc) is 3.01. The lowest BCUT2D eigenvalue weighted by Crippen LogP contribution is -2.51. The van der Waals surface area contributed by atoms with Gasteiger partial charge in [0.15, 0.2) is 0 Å². The number of nitrogens with zero attached hydrogens (tertiary/aromatic N) is 1. The van der Waals surface area contributed by atoms with E-state index < -0.39 is 5.41 Å². The van der Waals surface area contributed by atoms with Gasteiger partial charge in [0.05, 0.1) is 17.5 Å². The number of hydrogen-bond acceptors (Lipinski definition) is 2. The van der Waals surface area contributed by atoms with Crippen molar-refractivity contribution in [3.05, 3.63) is 101 Å². The third-order valence-electron chi connectivity index (χ3n) is 7.40. The monoisotopic (exact) mass is 379 g/mol. The number of para-hydroxylation sites is 1. The summed E-state index contributed by atoms with van der Waals surface area (Å²) < 4.78 is 0. The van der Waals surface area contributed by atoms with E-state index in [1.807, 2.05) is 55.5 Å². The van der Waals surface area contributed by atoms with Gasteiger partial charge in [-0.1, -0.05) is 73.7 Å². The molecule has 3 aromatic carbocycles. The summed E-state index contributed by atoms with van der Waals surface area (Å²) in [4.78, 5) is 29.0. The first-order chi connectivity index (χ1) is 14.0. The van der Waals surface area contributed by atoms with E-state index in [0.717, 1.165) is 5.56 Å². The van der Waals surface area contributed by atoms with Crippen LogP contribution in [-0.2, 0) is 15.0 Å². The lowest BCUT2D eigenvalue weighted by Gasteiger charge is -2.52. The van der Waals surface area contributed by atoms with Crippen LogP contribution in [0.1, 0.15) is 40.7 Å². The van der Waals surface area contributed by atoms with E-state index in [4.69, 9.17) is 0 Å². The second-order valence-electron chi connectivity index (χ2n) is 8.66. The molecule has 0 unspecified atom stereocenters. The van der Waals surface area contributed by atoms with Crippen molar-refractivity contribution >= 4 is 17.5 Å². The Morgan fingerprint density at radius 2 is 1.31 bits per heavy atom. The van der Waals surface area contributed by atoms with Gasteiger partial charge < -0.3 is 0 Å². The maximum Gasteiger partial charge on any atom is 0.238 e. The molecule has 1 heterocycles. The van der Waals surface area contributed by atoms with Crippen LogP contribution in [0.25, 0.3) is 0 Å². The van der Waals surface area contributed by atoms with Gasteiger partial charge in [0.25, 0.3) is 0 Å². The number of anilines is 1. The standard InChI is InChI=1S/C26H21NO2/c1-15-9-3-8-14-20(15)27-24(28)22-21-16-10-4-6-12-18(16)26(2,23(22)25(27)29)19-13-7-5-11-17(19)21/h3-14,21-23H,1-2H3/t21?,22-,23+,26?/m0/s1. The molecule has 1 aliphatic heterocycles. The first-order valence-electron chi connectivity index (χ1n) is 10.2. The van der Waals surface area contributed by atoms with Crippen molar-refractivity contribution in [1.82, 2.24) is 0 Å². The van der Waals surface area contributed by atoms with Gasteiger partial charge in [0, 0.05) is 11.3 Å². The minimum atomic E-state index is -0.503. The van der Waals surface area contributed by atoms with Gasteiger partial charge in [0.1, 0.15) is 0 Å². The minimum absolute atomic E-state index is 0.0606. The summed E-state index contributed by atoms with van der Waals surface area (Å²) in [5, 5.41) is 0. The highest BCUT2D eigenvalue weighted by atomic mass is 16.2. The molecule has 1 saturated heterocycles.